The highest BCUT2D eigenvalue weighted by atomic mass is 32.1. The number of nitrogens with one attached hydrogen (secondary N) is 2. The van der Waals surface area contributed by atoms with Gasteiger partial charge in [-0.2, -0.15) is 0 Å². The molecule has 4 atom stereocenters. The molecule has 0 spiro atoms. The van der Waals surface area contributed by atoms with Crippen LogP contribution < -0.4 is 14.8 Å². The van der Waals surface area contributed by atoms with Crippen molar-refractivity contribution in [3.05, 3.63) is 145 Å². The highest BCUT2D eigenvalue weighted by molar-refractivity contribution is 7.22. The van der Waals surface area contributed by atoms with Crippen LogP contribution in [0.2, 0.25) is 0 Å². The number of para-hydroxylation sites is 3. The van der Waals surface area contributed by atoms with Gasteiger partial charge in [-0.3, -0.25) is 14.8 Å². The van der Waals surface area contributed by atoms with E-state index in [1.54, 1.807) is 60.4 Å². The SMILES string of the molecule is CC(C)(O)[C@@H]1CCCC1c1nccnc1Oc1ccc(Nc2nc3ccccc3s2)cc1.O=C(c1ccc(Oc2nccnc2C2CCC[C@H](O)C2)cc1)c1nc2ccccc2[nH]1. The third-order valence-corrected chi connectivity index (χ3v) is 12.7. The number of carbonyl (C=O) groups excluding carboxylic acids is 1. The molecule has 4 heterocycles. The molecule has 8 aromatic rings. The molecule has 13 nitrogen and oxygen atoms in total. The number of aliphatic hydroxyl groups excluding tert-OH is 1. The van der Waals surface area contributed by atoms with E-state index in [1.807, 2.05) is 80.6 Å². The van der Waals surface area contributed by atoms with Crippen molar-refractivity contribution in [1.29, 1.82) is 0 Å². The average molecular weight is 861 g/mol. The van der Waals surface area contributed by atoms with Crippen LogP contribution in [0.1, 0.15) is 98.2 Å². The van der Waals surface area contributed by atoms with Crippen molar-refractivity contribution in [2.24, 2.45) is 5.92 Å². The van der Waals surface area contributed by atoms with Crippen molar-refractivity contribution in [2.75, 3.05) is 5.32 Å². The molecule has 2 fully saturated rings. The van der Waals surface area contributed by atoms with Crippen molar-refractivity contribution in [2.45, 2.75) is 82.3 Å². The fourth-order valence-electron chi connectivity index (χ4n) is 8.66. The molecule has 4 aromatic heterocycles. The van der Waals surface area contributed by atoms with Crippen LogP contribution in [0.3, 0.4) is 0 Å². The molecular formula is C49H48N8O5S. The van der Waals surface area contributed by atoms with Gasteiger partial charge in [0.05, 0.1) is 33.0 Å². The van der Waals surface area contributed by atoms with Crippen molar-refractivity contribution in [1.82, 2.24) is 34.9 Å². The first-order chi connectivity index (χ1) is 30.6. The standard InChI is InChI=1S/C25H26N4O2S.C24H22N4O3/c1-25(2,30)19-7-5-6-18(19)22-23(27-15-14-26-22)31-17-12-10-16(11-13-17)28-24-29-20-8-3-4-9-21(20)32-24;29-17-5-3-4-16(14-17)21-24(26-13-12-25-21)31-18-10-8-15(9-11-18)22(30)23-27-19-6-1-2-7-20(19)28-23/h3-4,8-15,18-19,30H,5-7H2,1-2H3,(H,28,29);1-2,6-13,16-17,29H,3-5,14H2,(H,27,28)/t18?,19-;16?,17-/m10/s1. The second-order valence-corrected chi connectivity index (χ2v) is 17.6. The van der Waals surface area contributed by atoms with E-state index < -0.39 is 5.60 Å². The van der Waals surface area contributed by atoms with E-state index in [1.165, 1.54) is 0 Å². The Hall–Kier alpha value is -6.61. The topological polar surface area (TPSA) is 181 Å². The number of nitrogens with zero attached hydrogens (tertiary/aromatic N) is 6. The Kier molecular flexibility index (Phi) is 12.2. The lowest BCUT2D eigenvalue weighted by Gasteiger charge is -2.31. The number of benzene rings is 4. The lowest BCUT2D eigenvalue weighted by molar-refractivity contribution is 0.0118. The van der Waals surface area contributed by atoms with Gasteiger partial charge >= 0.3 is 0 Å². The number of thiazole rings is 1. The monoisotopic (exact) mass is 860 g/mol. The quantitative estimate of drug-likeness (QED) is 0.0905. The zero-order valence-electron chi connectivity index (χ0n) is 35.0. The average Bonchev–Trinajstić information content (AvgIpc) is 4.07. The number of H-pyrrole nitrogens is 1. The van der Waals surface area contributed by atoms with E-state index in [2.05, 4.69) is 46.3 Å². The van der Waals surface area contributed by atoms with Crippen molar-refractivity contribution in [3.63, 3.8) is 0 Å². The Morgan fingerprint density at radius 3 is 2.06 bits per heavy atom. The molecule has 10 rings (SSSR count). The number of imidazole rings is 1. The summed E-state index contributed by atoms with van der Waals surface area (Å²) in [5.74, 6) is 2.75. The van der Waals surface area contributed by atoms with E-state index >= 15 is 0 Å². The Balaban J connectivity index is 0.000000160. The summed E-state index contributed by atoms with van der Waals surface area (Å²) < 4.78 is 13.3. The minimum atomic E-state index is -0.760. The maximum atomic E-state index is 12.8. The van der Waals surface area contributed by atoms with Crippen LogP contribution in [-0.4, -0.2) is 62.6 Å². The summed E-state index contributed by atoms with van der Waals surface area (Å²) in [5, 5.41) is 24.9. The van der Waals surface area contributed by atoms with Crippen LogP contribution in [-0.2, 0) is 0 Å². The smallest absolute Gasteiger partial charge is 0.241 e. The van der Waals surface area contributed by atoms with Gasteiger partial charge in [-0.25, -0.2) is 19.9 Å². The van der Waals surface area contributed by atoms with Gasteiger partial charge in [0.25, 0.3) is 0 Å². The van der Waals surface area contributed by atoms with Crippen molar-refractivity contribution >= 4 is 49.2 Å². The number of fused-ring (bicyclic) bond motifs is 2. The third-order valence-electron chi connectivity index (χ3n) is 11.7. The number of ether oxygens (including phenoxy) is 2. The maximum absolute atomic E-state index is 12.8. The highest BCUT2D eigenvalue weighted by Crippen LogP contribution is 2.47. The van der Waals surface area contributed by atoms with Crippen LogP contribution in [0, 0.1) is 5.92 Å². The van der Waals surface area contributed by atoms with E-state index in [4.69, 9.17) is 9.47 Å². The van der Waals surface area contributed by atoms with Gasteiger partial charge in [0.15, 0.2) is 11.0 Å². The number of hydrogen-bond donors (Lipinski definition) is 4. The highest BCUT2D eigenvalue weighted by Gasteiger charge is 2.40. The van der Waals surface area contributed by atoms with Gasteiger partial charge in [-0.15, -0.1) is 0 Å². The van der Waals surface area contributed by atoms with E-state index in [9.17, 15) is 15.0 Å². The molecule has 63 heavy (non-hydrogen) atoms. The fourth-order valence-corrected chi connectivity index (χ4v) is 9.55. The lowest BCUT2D eigenvalue weighted by Crippen LogP contribution is -2.32. The molecule has 14 heteroatoms. The molecular weight excluding hydrogens is 813 g/mol. The first-order valence-corrected chi connectivity index (χ1v) is 22.2. The molecule has 0 saturated heterocycles. The summed E-state index contributed by atoms with van der Waals surface area (Å²) in [6.45, 7) is 3.76. The normalized spacial score (nSPS) is 18.7. The molecule has 4 N–H and O–H groups in total. The molecule has 2 aliphatic rings. The molecule has 2 unspecified atom stereocenters. The summed E-state index contributed by atoms with van der Waals surface area (Å²) in [7, 11) is 0. The summed E-state index contributed by atoms with van der Waals surface area (Å²) >= 11 is 1.62. The summed E-state index contributed by atoms with van der Waals surface area (Å²) in [4.78, 5) is 42.7. The molecule has 0 bridgehead atoms. The van der Waals surface area contributed by atoms with Gasteiger partial charge in [-0.1, -0.05) is 48.4 Å². The molecule has 2 saturated carbocycles. The number of rotatable bonds is 11. The second kappa shape index (κ2) is 18.4. The number of anilines is 2. The predicted molar refractivity (Wildman–Crippen MR) is 243 cm³/mol. The molecule has 0 radical (unpaired) electrons. The maximum Gasteiger partial charge on any atom is 0.241 e. The van der Waals surface area contributed by atoms with Crippen LogP contribution >= 0.6 is 11.3 Å². The van der Waals surface area contributed by atoms with Gasteiger partial charge in [0, 0.05) is 47.9 Å². The van der Waals surface area contributed by atoms with E-state index in [-0.39, 0.29) is 29.6 Å². The first kappa shape index (κ1) is 41.7. The molecule has 320 valence electrons. The van der Waals surface area contributed by atoms with Crippen LogP contribution in [0.25, 0.3) is 21.3 Å². The third kappa shape index (κ3) is 9.73. The van der Waals surface area contributed by atoms with E-state index in [0.29, 0.717) is 41.1 Å². The minimum Gasteiger partial charge on any atom is -0.437 e. The van der Waals surface area contributed by atoms with Crippen molar-refractivity contribution in [3.8, 4) is 23.3 Å². The Labute approximate surface area is 368 Å². The number of aromatic nitrogens is 7. The molecule has 0 aliphatic heterocycles. The summed E-state index contributed by atoms with van der Waals surface area (Å²) in [6.07, 6.45) is 12.7. The summed E-state index contributed by atoms with van der Waals surface area (Å²) in [6, 6.07) is 30.3. The molecule has 2 aliphatic carbocycles. The zero-order valence-corrected chi connectivity index (χ0v) is 35.8. The first-order valence-electron chi connectivity index (χ1n) is 21.3. The van der Waals surface area contributed by atoms with Gasteiger partial charge in [0.1, 0.15) is 22.9 Å². The van der Waals surface area contributed by atoms with Gasteiger partial charge < -0.3 is 30.0 Å². The number of hydrogen-bond acceptors (Lipinski definition) is 13. The number of aliphatic hydroxyl groups is 2. The van der Waals surface area contributed by atoms with Crippen LogP contribution in [0.5, 0.6) is 23.3 Å². The minimum absolute atomic E-state index is 0.126. The number of carbonyl (C=O) groups is 1. The molecule has 0 amide bonds. The second-order valence-electron chi connectivity index (χ2n) is 16.6. The number of aromatic amines is 1. The van der Waals surface area contributed by atoms with Gasteiger partial charge in [0.2, 0.25) is 17.5 Å². The predicted octanol–water partition coefficient (Wildman–Crippen LogP) is 10.7. The fraction of sp³-hybridized carbons (Fsp3) is 0.286. The lowest BCUT2D eigenvalue weighted by atomic mass is 9.81. The van der Waals surface area contributed by atoms with Crippen LogP contribution in [0.4, 0.5) is 10.8 Å². The van der Waals surface area contributed by atoms with Gasteiger partial charge in [-0.05, 0) is 125 Å². The van der Waals surface area contributed by atoms with Crippen molar-refractivity contribution < 1.29 is 24.5 Å². The zero-order chi connectivity index (χ0) is 43.3. The Morgan fingerprint density at radius 1 is 0.730 bits per heavy atom. The summed E-state index contributed by atoms with van der Waals surface area (Å²) in [5.41, 5.74) is 4.87. The molecule has 4 aromatic carbocycles. The number of ketones is 1. The van der Waals surface area contributed by atoms with Crippen LogP contribution in [0.15, 0.2) is 122 Å². The Morgan fingerprint density at radius 2 is 1.37 bits per heavy atom. The Bertz CT molecular complexity index is 2760. The largest absolute Gasteiger partial charge is 0.437 e. The van der Waals surface area contributed by atoms with E-state index in [0.717, 1.165) is 82.0 Å².